The minimum Gasteiger partial charge on any atom is -0.342 e. The molecule has 1 aliphatic rings. The molecular formula is C16H21ClN2O2. The molecule has 21 heavy (non-hydrogen) atoms. The standard InChI is InChI=1S/C16H21ClN2O2/c1-5-12-14(20)18-13(16(2,3)4)15(21)19(12)11-8-6-10(17)7-9-11/h6-9,12-13H,5H2,1-4H3,(H,18,20). The maximum atomic E-state index is 12.9. The molecule has 2 amide bonds. The Morgan fingerprint density at radius 1 is 1.19 bits per heavy atom. The van der Waals surface area contributed by atoms with Crippen LogP contribution in [0.25, 0.3) is 0 Å². The summed E-state index contributed by atoms with van der Waals surface area (Å²) in [4.78, 5) is 26.8. The van der Waals surface area contributed by atoms with E-state index in [4.69, 9.17) is 11.6 Å². The van der Waals surface area contributed by atoms with Gasteiger partial charge in [-0.1, -0.05) is 39.3 Å². The predicted molar refractivity (Wildman–Crippen MR) is 84.4 cm³/mol. The molecule has 0 radical (unpaired) electrons. The normalized spacial score (nSPS) is 23.2. The van der Waals surface area contributed by atoms with Crippen molar-refractivity contribution in [3.8, 4) is 0 Å². The third-order valence-electron chi connectivity index (χ3n) is 3.74. The summed E-state index contributed by atoms with van der Waals surface area (Å²) in [5.41, 5.74) is 0.371. The highest BCUT2D eigenvalue weighted by atomic mass is 35.5. The number of nitrogens with zero attached hydrogens (tertiary/aromatic N) is 1. The molecule has 2 unspecified atom stereocenters. The fourth-order valence-electron chi connectivity index (χ4n) is 2.57. The van der Waals surface area contributed by atoms with Gasteiger partial charge in [0.15, 0.2) is 0 Å². The third kappa shape index (κ3) is 3.05. The molecule has 0 bridgehead atoms. The summed E-state index contributed by atoms with van der Waals surface area (Å²) < 4.78 is 0. The van der Waals surface area contributed by atoms with E-state index in [1.165, 1.54) is 0 Å². The molecule has 5 heteroatoms. The minimum absolute atomic E-state index is 0.0729. The van der Waals surface area contributed by atoms with E-state index in [0.29, 0.717) is 17.1 Å². The van der Waals surface area contributed by atoms with E-state index in [2.05, 4.69) is 5.32 Å². The van der Waals surface area contributed by atoms with E-state index in [1.54, 1.807) is 29.2 Å². The summed E-state index contributed by atoms with van der Waals surface area (Å²) in [7, 11) is 0. The third-order valence-corrected chi connectivity index (χ3v) is 3.99. The van der Waals surface area contributed by atoms with Crippen LogP contribution in [0, 0.1) is 5.41 Å². The molecule has 1 saturated heterocycles. The fraction of sp³-hybridized carbons (Fsp3) is 0.500. The number of anilines is 1. The van der Waals surface area contributed by atoms with Gasteiger partial charge in [0.2, 0.25) is 5.91 Å². The molecule has 0 aromatic heterocycles. The van der Waals surface area contributed by atoms with Crippen molar-refractivity contribution in [2.75, 3.05) is 4.90 Å². The zero-order valence-corrected chi connectivity index (χ0v) is 13.6. The molecule has 2 atom stereocenters. The average Bonchev–Trinajstić information content (AvgIpc) is 2.40. The van der Waals surface area contributed by atoms with Crippen molar-refractivity contribution in [1.29, 1.82) is 0 Å². The lowest BCUT2D eigenvalue weighted by atomic mass is 9.83. The molecule has 4 nitrogen and oxygen atoms in total. The van der Waals surface area contributed by atoms with Crippen LogP contribution in [0.2, 0.25) is 5.02 Å². The SMILES string of the molecule is CCC1C(=O)NC(C(C)(C)C)C(=O)N1c1ccc(Cl)cc1. The van der Waals surface area contributed by atoms with E-state index in [9.17, 15) is 9.59 Å². The van der Waals surface area contributed by atoms with Gasteiger partial charge in [-0.05, 0) is 36.1 Å². The fourth-order valence-corrected chi connectivity index (χ4v) is 2.70. The second-order valence-electron chi connectivity index (χ2n) is 6.42. The highest BCUT2D eigenvalue weighted by Crippen LogP contribution is 2.30. The van der Waals surface area contributed by atoms with E-state index in [1.807, 2.05) is 27.7 Å². The van der Waals surface area contributed by atoms with Crippen molar-refractivity contribution in [3.63, 3.8) is 0 Å². The first-order valence-corrected chi connectivity index (χ1v) is 7.52. The van der Waals surface area contributed by atoms with E-state index < -0.39 is 12.1 Å². The highest BCUT2D eigenvalue weighted by molar-refractivity contribution is 6.30. The number of carbonyl (C=O) groups excluding carboxylic acids is 2. The largest absolute Gasteiger partial charge is 0.342 e. The molecule has 114 valence electrons. The van der Waals surface area contributed by atoms with Crippen molar-refractivity contribution in [1.82, 2.24) is 5.32 Å². The molecule has 1 fully saturated rings. The summed E-state index contributed by atoms with van der Waals surface area (Å²) in [5, 5.41) is 3.47. The molecule has 0 saturated carbocycles. The van der Waals surface area contributed by atoms with Gasteiger partial charge in [0.1, 0.15) is 12.1 Å². The Labute approximate surface area is 130 Å². The Kier molecular flexibility index (Phi) is 4.28. The molecule has 1 heterocycles. The van der Waals surface area contributed by atoms with Crippen molar-refractivity contribution < 1.29 is 9.59 Å². The van der Waals surface area contributed by atoms with Gasteiger partial charge in [-0.25, -0.2) is 0 Å². The van der Waals surface area contributed by atoms with Gasteiger partial charge in [-0.15, -0.1) is 0 Å². The number of hydrogen-bond acceptors (Lipinski definition) is 2. The highest BCUT2D eigenvalue weighted by Gasteiger charge is 2.45. The number of benzene rings is 1. The van der Waals surface area contributed by atoms with Gasteiger partial charge in [-0.3, -0.25) is 14.5 Å². The maximum absolute atomic E-state index is 12.9. The number of rotatable bonds is 2. The Morgan fingerprint density at radius 3 is 2.24 bits per heavy atom. The zero-order chi connectivity index (χ0) is 15.8. The Balaban J connectivity index is 2.44. The molecule has 1 N–H and O–H groups in total. The lowest BCUT2D eigenvalue weighted by Gasteiger charge is -2.43. The number of hydrogen-bond donors (Lipinski definition) is 1. The molecule has 2 rings (SSSR count). The lowest BCUT2D eigenvalue weighted by molar-refractivity contribution is -0.136. The number of piperazine rings is 1. The van der Waals surface area contributed by atoms with E-state index in [0.717, 1.165) is 0 Å². The van der Waals surface area contributed by atoms with Crippen molar-refractivity contribution in [2.45, 2.75) is 46.2 Å². The van der Waals surface area contributed by atoms with E-state index in [-0.39, 0.29) is 17.2 Å². The summed E-state index contributed by atoms with van der Waals surface area (Å²) in [6, 6.07) is 6.02. The summed E-state index contributed by atoms with van der Waals surface area (Å²) in [6.07, 6.45) is 0.567. The van der Waals surface area contributed by atoms with Crippen LogP contribution in [-0.4, -0.2) is 23.9 Å². The summed E-state index contributed by atoms with van der Waals surface area (Å²) >= 11 is 5.90. The number of halogens is 1. The molecule has 1 aliphatic heterocycles. The van der Waals surface area contributed by atoms with Crippen LogP contribution in [0.1, 0.15) is 34.1 Å². The first-order valence-electron chi connectivity index (χ1n) is 7.14. The molecule has 0 spiro atoms. The van der Waals surface area contributed by atoms with Crippen molar-refractivity contribution in [3.05, 3.63) is 29.3 Å². The first kappa shape index (κ1) is 15.8. The number of carbonyl (C=O) groups is 2. The van der Waals surface area contributed by atoms with Gasteiger partial charge in [0.05, 0.1) is 0 Å². The lowest BCUT2D eigenvalue weighted by Crippen LogP contribution is -2.66. The van der Waals surface area contributed by atoms with Crippen LogP contribution in [0.3, 0.4) is 0 Å². The number of nitrogens with one attached hydrogen (secondary N) is 1. The second-order valence-corrected chi connectivity index (χ2v) is 6.85. The van der Waals surface area contributed by atoms with Gasteiger partial charge in [0.25, 0.3) is 5.91 Å². The van der Waals surface area contributed by atoms with E-state index >= 15 is 0 Å². The van der Waals surface area contributed by atoms with Gasteiger partial charge >= 0.3 is 0 Å². The predicted octanol–water partition coefficient (Wildman–Crippen LogP) is 3.00. The average molecular weight is 309 g/mol. The van der Waals surface area contributed by atoms with Gasteiger partial charge in [0, 0.05) is 10.7 Å². The van der Waals surface area contributed by atoms with Crippen molar-refractivity contribution >= 4 is 29.1 Å². The Morgan fingerprint density at radius 2 is 1.76 bits per heavy atom. The van der Waals surface area contributed by atoms with Crippen LogP contribution in [0.4, 0.5) is 5.69 Å². The zero-order valence-electron chi connectivity index (χ0n) is 12.8. The Hall–Kier alpha value is -1.55. The first-order chi connectivity index (χ1) is 9.75. The topological polar surface area (TPSA) is 49.4 Å². The molecule has 1 aromatic rings. The molecule has 0 aliphatic carbocycles. The second kappa shape index (κ2) is 5.68. The van der Waals surface area contributed by atoms with Crippen LogP contribution in [0.5, 0.6) is 0 Å². The number of amides is 2. The minimum atomic E-state index is -0.525. The quantitative estimate of drug-likeness (QED) is 0.913. The summed E-state index contributed by atoms with van der Waals surface area (Å²) in [5.74, 6) is -0.178. The molecular weight excluding hydrogens is 288 g/mol. The van der Waals surface area contributed by atoms with Crippen LogP contribution < -0.4 is 10.2 Å². The summed E-state index contributed by atoms with van der Waals surface area (Å²) in [6.45, 7) is 7.74. The van der Waals surface area contributed by atoms with Crippen LogP contribution in [-0.2, 0) is 9.59 Å². The van der Waals surface area contributed by atoms with Gasteiger partial charge in [-0.2, -0.15) is 0 Å². The smallest absolute Gasteiger partial charge is 0.250 e. The van der Waals surface area contributed by atoms with Gasteiger partial charge < -0.3 is 5.32 Å². The maximum Gasteiger partial charge on any atom is 0.250 e. The Bertz CT molecular complexity index is 548. The van der Waals surface area contributed by atoms with Crippen LogP contribution in [0.15, 0.2) is 24.3 Å². The monoisotopic (exact) mass is 308 g/mol. The van der Waals surface area contributed by atoms with Crippen LogP contribution >= 0.6 is 11.6 Å². The van der Waals surface area contributed by atoms with Crippen molar-refractivity contribution in [2.24, 2.45) is 5.41 Å². The molecule has 1 aromatic carbocycles.